The Morgan fingerprint density at radius 3 is 2.58 bits per heavy atom. The first-order chi connectivity index (χ1) is 12.8. The predicted octanol–water partition coefficient (Wildman–Crippen LogP) is 2.76. The SMILES string of the molecule is c1ccc(COC[C@H]2COC(Cn3cncn3)(c3ccccc3)O2)cc1. The van der Waals surface area contributed by atoms with Crippen molar-refractivity contribution in [2.24, 2.45) is 0 Å². The van der Waals surface area contributed by atoms with Gasteiger partial charge in [-0.2, -0.15) is 5.10 Å². The molecule has 0 aliphatic carbocycles. The van der Waals surface area contributed by atoms with Crippen LogP contribution >= 0.6 is 0 Å². The van der Waals surface area contributed by atoms with Crippen molar-refractivity contribution in [2.45, 2.75) is 25.0 Å². The molecule has 6 heteroatoms. The van der Waals surface area contributed by atoms with Crippen molar-refractivity contribution >= 4 is 0 Å². The molecule has 0 saturated carbocycles. The quantitative estimate of drug-likeness (QED) is 0.655. The van der Waals surface area contributed by atoms with Crippen molar-refractivity contribution in [3.63, 3.8) is 0 Å². The molecule has 0 radical (unpaired) electrons. The van der Waals surface area contributed by atoms with Crippen LogP contribution < -0.4 is 0 Å². The molecule has 0 N–H and O–H groups in total. The van der Waals surface area contributed by atoms with Gasteiger partial charge in [-0.3, -0.25) is 0 Å². The highest BCUT2D eigenvalue weighted by Gasteiger charge is 2.44. The fourth-order valence-electron chi connectivity index (χ4n) is 3.07. The maximum absolute atomic E-state index is 6.31. The van der Waals surface area contributed by atoms with Crippen LogP contribution in [0.15, 0.2) is 73.3 Å². The van der Waals surface area contributed by atoms with Gasteiger partial charge in [-0.1, -0.05) is 60.7 Å². The summed E-state index contributed by atoms with van der Waals surface area (Å²) in [6, 6.07) is 20.0. The maximum Gasteiger partial charge on any atom is 0.215 e. The van der Waals surface area contributed by atoms with E-state index >= 15 is 0 Å². The summed E-state index contributed by atoms with van der Waals surface area (Å²) in [5.41, 5.74) is 2.10. The Balaban J connectivity index is 1.43. The number of benzene rings is 2. The van der Waals surface area contributed by atoms with Crippen LogP contribution in [0, 0.1) is 0 Å². The predicted molar refractivity (Wildman–Crippen MR) is 95.1 cm³/mol. The molecule has 4 rings (SSSR count). The molecule has 3 aromatic rings. The maximum atomic E-state index is 6.31. The third-order valence-corrected chi connectivity index (χ3v) is 4.33. The van der Waals surface area contributed by atoms with Crippen LogP contribution in [0.4, 0.5) is 0 Å². The standard InChI is InChI=1S/C20H21N3O3/c1-3-7-17(8-4-1)11-24-12-19-13-25-20(26-19,14-23-16-21-15-22-23)18-9-5-2-6-10-18/h1-10,15-16,19H,11-14H2/t19-,20?/m0/s1. The van der Waals surface area contributed by atoms with Gasteiger partial charge in [0, 0.05) is 5.56 Å². The fourth-order valence-corrected chi connectivity index (χ4v) is 3.07. The summed E-state index contributed by atoms with van der Waals surface area (Å²) in [4.78, 5) is 4.01. The zero-order chi connectivity index (χ0) is 17.7. The Morgan fingerprint density at radius 2 is 1.85 bits per heavy atom. The number of ether oxygens (including phenoxy) is 3. The van der Waals surface area contributed by atoms with E-state index in [0.717, 1.165) is 11.1 Å². The summed E-state index contributed by atoms with van der Waals surface area (Å²) in [6.45, 7) is 1.94. The van der Waals surface area contributed by atoms with Crippen molar-refractivity contribution in [2.75, 3.05) is 13.2 Å². The first kappa shape index (κ1) is 16.9. The fraction of sp³-hybridized carbons (Fsp3) is 0.300. The highest BCUT2D eigenvalue weighted by Crippen LogP contribution is 2.35. The lowest BCUT2D eigenvalue weighted by Crippen LogP contribution is -2.34. The van der Waals surface area contributed by atoms with E-state index in [2.05, 4.69) is 10.1 Å². The normalized spacial score (nSPS) is 22.5. The van der Waals surface area contributed by atoms with Gasteiger partial charge in [0.2, 0.25) is 5.79 Å². The van der Waals surface area contributed by atoms with E-state index in [1.165, 1.54) is 6.33 Å². The molecule has 6 nitrogen and oxygen atoms in total. The topological polar surface area (TPSA) is 58.4 Å². The Bertz CT molecular complexity index is 796. The van der Waals surface area contributed by atoms with Gasteiger partial charge in [0.15, 0.2) is 0 Å². The Hall–Kier alpha value is -2.54. The number of hydrogen-bond acceptors (Lipinski definition) is 5. The molecule has 26 heavy (non-hydrogen) atoms. The molecule has 134 valence electrons. The molecular weight excluding hydrogens is 330 g/mol. The van der Waals surface area contributed by atoms with Gasteiger partial charge in [0.05, 0.1) is 19.8 Å². The van der Waals surface area contributed by atoms with Crippen LogP contribution in [0.25, 0.3) is 0 Å². The third kappa shape index (κ3) is 3.83. The molecule has 0 spiro atoms. The summed E-state index contributed by atoms with van der Waals surface area (Å²) in [6.07, 6.45) is 3.03. The zero-order valence-electron chi connectivity index (χ0n) is 14.4. The Morgan fingerprint density at radius 1 is 1.08 bits per heavy atom. The van der Waals surface area contributed by atoms with E-state index in [1.54, 1.807) is 11.0 Å². The van der Waals surface area contributed by atoms with E-state index in [4.69, 9.17) is 14.2 Å². The van der Waals surface area contributed by atoms with Gasteiger partial charge < -0.3 is 14.2 Å². The summed E-state index contributed by atoms with van der Waals surface area (Å²) in [5, 5.41) is 4.19. The van der Waals surface area contributed by atoms with E-state index in [9.17, 15) is 0 Å². The summed E-state index contributed by atoms with van der Waals surface area (Å²) in [5.74, 6) is -0.879. The first-order valence-corrected chi connectivity index (χ1v) is 8.65. The van der Waals surface area contributed by atoms with Crippen LogP contribution in [-0.4, -0.2) is 34.1 Å². The number of nitrogens with zero attached hydrogens (tertiary/aromatic N) is 3. The highest BCUT2D eigenvalue weighted by atomic mass is 16.8. The molecule has 1 aliphatic heterocycles. The van der Waals surface area contributed by atoms with Crippen molar-refractivity contribution in [3.05, 3.63) is 84.4 Å². The van der Waals surface area contributed by atoms with Crippen molar-refractivity contribution in [1.82, 2.24) is 14.8 Å². The van der Waals surface area contributed by atoms with Crippen molar-refractivity contribution < 1.29 is 14.2 Å². The Labute approximate surface area is 152 Å². The van der Waals surface area contributed by atoms with Gasteiger partial charge in [-0.05, 0) is 5.56 Å². The summed E-state index contributed by atoms with van der Waals surface area (Å²) < 4.78 is 20.0. The Kier molecular flexibility index (Phi) is 5.06. The van der Waals surface area contributed by atoms with Gasteiger partial charge in [-0.25, -0.2) is 9.67 Å². The minimum Gasteiger partial charge on any atom is -0.374 e. The lowest BCUT2D eigenvalue weighted by Gasteiger charge is -2.28. The summed E-state index contributed by atoms with van der Waals surface area (Å²) in [7, 11) is 0. The molecule has 0 amide bonds. The van der Waals surface area contributed by atoms with Gasteiger partial charge in [0.1, 0.15) is 25.3 Å². The van der Waals surface area contributed by atoms with Crippen LogP contribution in [0.2, 0.25) is 0 Å². The second kappa shape index (κ2) is 7.78. The lowest BCUT2D eigenvalue weighted by molar-refractivity contribution is -0.193. The smallest absolute Gasteiger partial charge is 0.215 e. The number of aromatic nitrogens is 3. The number of rotatable bonds is 7. The average molecular weight is 351 g/mol. The number of hydrogen-bond donors (Lipinski definition) is 0. The van der Waals surface area contributed by atoms with Crippen LogP contribution in [0.5, 0.6) is 0 Å². The zero-order valence-corrected chi connectivity index (χ0v) is 14.4. The first-order valence-electron chi connectivity index (χ1n) is 8.65. The van der Waals surface area contributed by atoms with Gasteiger partial charge >= 0.3 is 0 Å². The molecule has 1 fully saturated rings. The molecule has 2 aromatic carbocycles. The van der Waals surface area contributed by atoms with E-state index in [0.29, 0.717) is 26.4 Å². The molecular formula is C20H21N3O3. The second-order valence-electron chi connectivity index (χ2n) is 6.26. The van der Waals surface area contributed by atoms with Crippen LogP contribution in [0.1, 0.15) is 11.1 Å². The van der Waals surface area contributed by atoms with Crippen molar-refractivity contribution in [1.29, 1.82) is 0 Å². The van der Waals surface area contributed by atoms with Crippen LogP contribution in [-0.2, 0) is 33.1 Å². The molecule has 1 unspecified atom stereocenters. The average Bonchev–Trinajstić information content (AvgIpc) is 3.35. The third-order valence-electron chi connectivity index (χ3n) is 4.33. The minimum atomic E-state index is -0.879. The molecule has 2 heterocycles. The van der Waals surface area contributed by atoms with Gasteiger partial charge in [0.25, 0.3) is 0 Å². The molecule has 1 saturated heterocycles. The largest absolute Gasteiger partial charge is 0.374 e. The van der Waals surface area contributed by atoms with E-state index in [-0.39, 0.29) is 6.10 Å². The molecule has 0 bridgehead atoms. The minimum absolute atomic E-state index is 0.137. The monoisotopic (exact) mass is 351 g/mol. The summed E-state index contributed by atoms with van der Waals surface area (Å²) >= 11 is 0. The second-order valence-corrected chi connectivity index (χ2v) is 6.26. The molecule has 1 aromatic heterocycles. The van der Waals surface area contributed by atoms with E-state index < -0.39 is 5.79 Å². The van der Waals surface area contributed by atoms with E-state index in [1.807, 2.05) is 60.7 Å². The molecule has 2 atom stereocenters. The van der Waals surface area contributed by atoms with Crippen LogP contribution in [0.3, 0.4) is 0 Å². The lowest BCUT2D eigenvalue weighted by atomic mass is 10.1. The molecule has 1 aliphatic rings. The van der Waals surface area contributed by atoms with Crippen molar-refractivity contribution in [3.8, 4) is 0 Å². The highest BCUT2D eigenvalue weighted by molar-refractivity contribution is 5.21. The van der Waals surface area contributed by atoms with Gasteiger partial charge in [-0.15, -0.1) is 0 Å².